The topological polar surface area (TPSA) is 67.6 Å². The quantitative estimate of drug-likeness (QED) is 0.625. The highest BCUT2D eigenvalue weighted by Gasteiger charge is 2.13. The fourth-order valence-corrected chi connectivity index (χ4v) is 2.69. The van der Waals surface area contributed by atoms with Gasteiger partial charge in [-0.1, -0.05) is 11.2 Å². The predicted octanol–water partition coefficient (Wildman–Crippen LogP) is 3.82. The fourth-order valence-electron chi connectivity index (χ4n) is 2.69. The fraction of sp³-hybridized carbons (Fsp3) is 0.167. The number of hydrogen-bond donors (Lipinski definition) is 1. The summed E-state index contributed by atoms with van der Waals surface area (Å²) in [6.07, 6.45) is 4.16. The first kappa shape index (κ1) is 13.7. The van der Waals surface area contributed by atoms with Crippen LogP contribution in [0.25, 0.3) is 22.5 Å². The number of aryl methyl sites for hydroxylation is 2. The largest absolute Gasteiger partial charge is 0.351 e. The molecule has 1 aromatic carbocycles. The number of fused-ring (bicyclic) bond motifs is 1. The first-order valence-electron chi connectivity index (χ1n) is 7.51. The van der Waals surface area contributed by atoms with Gasteiger partial charge in [0, 0.05) is 29.7 Å². The van der Waals surface area contributed by atoms with E-state index in [2.05, 4.69) is 52.2 Å². The number of rotatable bonds is 3. The number of nitrogens with zero attached hydrogens (tertiary/aromatic N) is 3. The van der Waals surface area contributed by atoms with Crippen LogP contribution in [0.1, 0.15) is 22.5 Å². The normalized spacial score (nSPS) is 11.2. The van der Waals surface area contributed by atoms with E-state index >= 15 is 0 Å². The van der Waals surface area contributed by atoms with Gasteiger partial charge in [0.1, 0.15) is 5.69 Å². The maximum Gasteiger partial charge on any atom is 0.274 e. The van der Waals surface area contributed by atoms with Gasteiger partial charge < -0.3 is 9.51 Å². The Hall–Kier alpha value is -2.95. The van der Waals surface area contributed by atoms with Gasteiger partial charge in [0.15, 0.2) is 5.82 Å². The van der Waals surface area contributed by atoms with Crippen LogP contribution in [0.3, 0.4) is 0 Å². The molecule has 4 aromatic rings. The number of H-pyrrole nitrogens is 1. The summed E-state index contributed by atoms with van der Waals surface area (Å²) in [7, 11) is 0. The molecule has 0 aliphatic carbocycles. The Morgan fingerprint density at radius 3 is 2.74 bits per heavy atom. The summed E-state index contributed by atoms with van der Waals surface area (Å²) < 4.78 is 5.41. The van der Waals surface area contributed by atoms with Crippen LogP contribution in [0, 0.1) is 13.8 Å². The molecule has 0 aliphatic rings. The first-order chi connectivity index (χ1) is 11.2. The molecule has 0 saturated heterocycles. The molecule has 3 aromatic heterocycles. The molecule has 23 heavy (non-hydrogen) atoms. The van der Waals surface area contributed by atoms with Gasteiger partial charge in [-0.3, -0.25) is 4.98 Å². The lowest BCUT2D eigenvalue weighted by Crippen LogP contribution is -1.90. The van der Waals surface area contributed by atoms with E-state index in [9.17, 15) is 0 Å². The maximum atomic E-state index is 5.41. The van der Waals surface area contributed by atoms with E-state index in [4.69, 9.17) is 4.52 Å². The van der Waals surface area contributed by atoms with E-state index in [0.717, 1.165) is 16.8 Å². The van der Waals surface area contributed by atoms with Gasteiger partial charge in [-0.2, -0.15) is 4.98 Å². The average Bonchev–Trinajstić information content (AvgIpc) is 3.19. The second-order valence-corrected chi connectivity index (χ2v) is 5.70. The summed E-state index contributed by atoms with van der Waals surface area (Å²) in [5, 5.41) is 5.26. The van der Waals surface area contributed by atoms with Crippen LogP contribution in [0.2, 0.25) is 0 Å². The van der Waals surface area contributed by atoms with Crippen molar-refractivity contribution in [3.8, 4) is 11.6 Å². The molecule has 0 unspecified atom stereocenters. The molecule has 0 amide bonds. The zero-order valence-corrected chi connectivity index (χ0v) is 13.0. The van der Waals surface area contributed by atoms with E-state index in [1.165, 1.54) is 16.5 Å². The summed E-state index contributed by atoms with van der Waals surface area (Å²) in [5.74, 6) is 1.18. The van der Waals surface area contributed by atoms with Gasteiger partial charge in [-0.05, 0) is 54.8 Å². The number of aromatic nitrogens is 4. The van der Waals surface area contributed by atoms with Crippen LogP contribution in [0.15, 0.2) is 47.2 Å². The molecule has 0 radical (unpaired) electrons. The molecule has 3 heterocycles. The van der Waals surface area contributed by atoms with Crippen molar-refractivity contribution in [1.29, 1.82) is 0 Å². The van der Waals surface area contributed by atoms with E-state index in [1.807, 2.05) is 12.1 Å². The van der Waals surface area contributed by atoms with Crippen molar-refractivity contribution in [3.05, 3.63) is 65.2 Å². The molecular formula is C18H16N4O. The van der Waals surface area contributed by atoms with Crippen LogP contribution < -0.4 is 0 Å². The summed E-state index contributed by atoms with van der Waals surface area (Å²) in [4.78, 5) is 11.9. The van der Waals surface area contributed by atoms with Crippen molar-refractivity contribution in [3.63, 3.8) is 0 Å². The molecule has 1 N–H and O–H groups in total. The van der Waals surface area contributed by atoms with Crippen LogP contribution in [0.5, 0.6) is 0 Å². The molecule has 0 saturated carbocycles. The summed E-state index contributed by atoms with van der Waals surface area (Å²) in [6.45, 7) is 4.24. The molecule has 0 aliphatic heterocycles. The summed E-state index contributed by atoms with van der Waals surface area (Å²) in [6, 6.07) is 10.2. The van der Waals surface area contributed by atoms with Gasteiger partial charge in [-0.15, -0.1) is 0 Å². The third-order valence-corrected chi connectivity index (χ3v) is 4.15. The Bertz CT molecular complexity index is 969. The number of pyridine rings is 1. The van der Waals surface area contributed by atoms with Crippen LogP contribution in [-0.4, -0.2) is 20.1 Å². The summed E-state index contributed by atoms with van der Waals surface area (Å²) in [5.41, 5.74) is 5.57. The molecule has 0 spiro atoms. The number of benzene rings is 1. The molecule has 0 atom stereocenters. The van der Waals surface area contributed by atoms with Gasteiger partial charge in [-0.25, -0.2) is 0 Å². The Balaban J connectivity index is 1.68. The summed E-state index contributed by atoms with van der Waals surface area (Å²) >= 11 is 0. The van der Waals surface area contributed by atoms with Crippen molar-refractivity contribution >= 4 is 10.9 Å². The predicted molar refractivity (Wildman–Crippen MR) is 88.1 cm³/mol. The molecular weight excluding hydrogens is 288 g/mol. The van der Waals surface area contributed by atoms with Gasteiger partial charge in [0.05, 0.1) is 0 Å². The average molecular weight is 304 g/mol. The third-order valence-electron chi connectivity index (χ3n) is 4.15. The van der Waals surface area contributed by atoms with Gasteiger partial charge in [0.25, 0.3) is 5.89 Å². The second-order valence-electron chi connectivity index (χ2n) is 5.70. The zero-order chi connectivity index (χ0) is 15.8. The Labute approximate surface area is 133 Å². The molecule has 5 heteroatoms. The SMILES string of the molecule is Cc1ccc2[nH]c(-c3nc(Cc4ccncc4)no3)cc2c1C. The van der Waals surface area contributed by atoms with E-state index < -0.39 is 0 Å². The lowest BCUT2D eigenvalue weighted by atomic mass is 10.1. The lowest BCUT2D eigenvalue weighted by molar-refractivity contribution is 0.423. The molecule has 0 bridgehead atoms. The lowest BCUT2D eigenvalue weighted by Gasteiger charge is -1.99. The molecule has 114 valence electrons. The standard InChI is InChI=1S/C18H16N4O/c1-11-3-4-15-14(12(11)2)10-16(20-15)18-21-17(22-23-18)9-13-5-7-19-8-6-13/h3-8,10,20H,9H2,1-2H3. The highest BCUT2D eigenvalue weighted by molar-refractivity contribution is 5.88. The number of hydrogen-bond acceptors (Lipinski definition) is 4. The number of aromatic amines is 1. The molecule has 4 rings (SSSR count). The van der Waals surface area contributed by atoms with E-state index in [-0.39, 0.29) is 0 Å². The number of nitrogens with one attached hydrogen (secondary N) is 1. The minimum Gasteiger partial charge on any atom is -0.351 e. The van der Waals surface area contributed by atoms with Crippen LogP contribution in [-0.2, 0) is 6.42 Å². The van der Waals surface area contributed by atoms with Crippen molar-refractivity contribution in [1.82, 2.24) is 20.1 Å². The van der Waals surface area contributed by atoms with Crippen molar-refractivity contribution in [2.24, 2.45) is 0 Å². The zero-order valence-electron chi connectivity index (χ0n) is 13.0. The van der Waals surface area contributed by atoms with Crippen LogP contribution >= 0.6 is 0 Å². The van der Waals surface area contributed by atoms with Crippen molar-refractivity contribution < 1.29 is 4.52 Å². The second kappa shape index (κ2) is 5.35. The Morgan fingerprint density at radius 1 is 1.09 bits per heavy atom. The van der Waals surface area contributed by atoms with E-state index in [1.54, 1.807) is 12.4 Å². The van der Waals surface area contributed by atoms with Gasteiger partial charge >= 0.3 is 0 Å². The van der Waals surface area contributed by atoms with E-state index in [0.29, 0.717) is 18.1 Å². The minimum atomic E-state index is 0.516. The van der Waals surface area contributed by atoms with Gasteiger partial charge in [0.2, 0.25) is 0 Å². The first-order valence-corrected chi connectivity index (χ1v) is 7.51. The van der Waals surface area contributed by atoms with Crippen LogP contribution in [0.4, 0.5) is 0 Å². The Kier molecular flexibility index (Phi) is 3.19. The van der Waals surface area contributed by atoms with Crippen molar-refractivity contribution in [2.75, 3.05) is 0 Å². The smallest absolute Gasteiger partial charge is 0.274 e. The Morgan fingerprint density at radius 2 is 1.91 bits per heavy atom. The highest BCUT2D eigenvalue weighted by atomic mass is 16.5. The maximum absolute atomic E-state index is 5.41. The highest BCUT2D eigenvalue weighted by Crippen LogP contribution is 2.27. The molecule has 5 nitrogen and oxygen atoms in total. The minimum absolute atomic E-state index is 0.516. The monoisotopic (exact) mass is 304 g/mol. The van der Waals surface area contributed by atoms with Crippen molar-refractivity contribution in [2.45, 2.75) is 20.3 Å². The molecule has 0 fully saturated rings. The third kappa shape index (κ3) is 2.50.